The molecule has 0 radical (unpaired) electrons. The number of benzene rings is 1. The van der Waals surface area contributed by atoms with Gasteiger partial charge in [0.1, 0.15) is 6.54 Å². The predicted octanol–water partition coefficient (Wildman–Crippen LogP) is 2.46. The van der Waals surface area contributed by atoms with Gasteiger partial charge in [-0.2, -0.15) is 0 Å². The van der Waals surface area contributed by atoms with Gasteiger partial charge in [0.2, 0.25) is 5.91 Å². The maximum absolute atomic E-state index is 12.4. The van der Waals surface area contributed by atoms with Gasteiger partial charge in [0.15, 0.2) is 5.69 Å². The molecule has 128 valence electrons. The van der Waals surface area contributed by atoms with Crippen LogP contribution in [0, 0.1) is 0 Å². The average Bonchev–Trinajstić information content (AvgIpc) is 3.02. The average molecular weight is 351 g/mol. The number of carbonyl (C=O) groups excluding carboxylic acids is 1. The van der Waals surface area contributed by atoms with E-state index in [2.05, 4.69) is 15.6 Å². The van der Waals surface area contributed by atoms with Crippen molar-refractivity contribution in [1.82, 2.24) is 20.3 Å². The van der Waals surface area contributed by atoms with Gasteiger partial charge in [-0.1, -0.05) is 42.8 Å². The van der Waals surface area contributed by atoms with Crippen molar-refractivity contribution in [3.8, 4) is 0 Å². The number of aromatic carboxylic acids is 1. The Bertz CT molecular complexity index is 723. The van der Waals surface area contributed by atoms with Crippen molar-refractivity contribution in [3.05, 3.63) is 46.7 Å². The molecule has 1 aromatic carbocycles. The fourth-order valence-corrected chi connectivity index (χ4v) is 2.73. The van der Waals surface area contributed by atoms with Crippen LogP contribution in [0.2, 0.25) is 5.02 Å². The molecule has 0 aliphatic carbocycles. The molecule has 0 fully saturated rings. The van der Waals surface area contributed by atoms with Gasteiger partial charge in [-0.25, -0.2) is 9.48 Å². The highest BCUT2D eigenvalue weighted by molar-refractivity contribution is 6.30. The zero-order valence-corrected chi connectivity index (χ0v) is 14.2. The molecule has 1 heterocycles. The summed E-state index contributed by atoms with van der Waals surface area (Å²) in [6, 6.07) is 7.38. The van der Waals surface area contributed by atoms with Gasteiger partial charge in [0.05, 0.1) is 11.7 Å². The molecule has 2 aromatic rings. The summed E-state index contributed by atoms with van der Waals surface area (Å²) in [5.74, 6) is -1.45. The topological polar surface area (TPSA) is 97.1 Å². The highest BCUT2D eigenvalue weighted by Crippen LogP contribution is 2.29. The summed E-state index contributed by atoms with van der Waals surface area (Å²) < 4.78 is 1.21. The van der Waals surface area contributed by atoms with Crippen LogP contribution >= 0.6 is 11.6 Å². The Morgan fingerprint density at radius 2 is 1.88 bits per heavy atom. The molecule has 0 atom stereocenters. The van der Waals surface area contributed by atoms with Crippen molar-refractivity contribution in [2.75, 3.05) is 0 Å². The number of aromatic nitrogens is 3. The Kier molecular flexibility index (Phi) is 5.56. The van der Waals surface area contributed by atoms with Crippen LogP contribution in [0.5, 0.6) is 0 Å². The van der Waals surface area contributed by atoms with Gasteiger partial charge < -0.3 is 10.4 Å². The first-order chi connectivity index (χ1) is 11.4. The number of carbonyl (C=O) groups is 2. The van der Waals surface area contributed by atoms with Crippen LogP contribution in [0.1, 0.15) is 42.7 Å². The van der Waals surface area contributed by atoms with E-state index in [4.69, 9.17) is 16.7 Å². The summed E-state index contributed by atoms with van der Waals surface area (Å²) in [5, 5.41) is 19.7. The third-order valence-electron chi connectivity index (χ3n) is 4.05. The Balaban J connectivity index is 2.15. The molecule has 0 unspecified atom stereocenters. The SMILES string of the molecule is CCC(CC)(NC(=O)Cn1cc(C(=O)O)nn1)c1ccc(Cl)cc1. The summed E-state index contributed by atoms with van der Waals surface area (Å²) in [6.45, 7) is 3.89. The second kappa shape index (κ2) is 7.44. The number of hydrogen-bond acceptors (Lipinski definition) is 4. The van der Waals surface area contributed by atoms with E-state index in [1.54, 1.807) is 12.1 Å². The summed E-state index contributed by atoms with van der Waals surface area (Å²) in [6.07, 6.45) is 2.63. The molecular formula is C16H19ClN4O3. The Hall–Kier alpha value is -2.41. The number of rotatable bonds is 7. The Morgan fingerprint density at radius 1 is 1.25 bits per heavy atom. The minimum Gasteiger partial charge on any atom is -0.476 e. The largest absolute Gasteiger partial charge is 0.476 e. The van der Waals surface area contributed by atoms with E-state index < -0.39 is 11.5 Å². The standard InChI is InChI=1S/C16H19ClN4O3/c1-3-16(4-2,11-5-7-12(17)8-6-11)18-14(22)10-21-9-13(15(23)24)19-20-21/h5-9H,3-4,10H2,1-2H3,(H,18,22)(H,23,24). The molecule has 0 spiro atoms. The maximum atomic E-state index is 12.4. The van der Waals surface area contributed by atoms with Gasteiger partial charge in [-0.3, -0.25) is 4.79 Å². The lowest BCUT2D eigenvalue weighted by Crippen LogP contribution is -2.46. The zero-order chi connectivity index (χ0) is 17.7. The lowest BCUT2D eigenvalue weighted by molar-refractivity contribution is -0.124. The fourth-order valence-electron chi connectivity index (χ4n) is 2.60. The second-order valence-corrected chi connectivity index (χ2v) is 5.89. The minimum absolute atomic E-state index is 0.102. The summed E-state index contributed by atoms with van der Waals surface area (Å²) in [4.78, 5) is 23.2. The number of amides is 1. The third-order valence-corrected chi connectivity index (χ3v) is 4.30. The molecule has 8 heteroatoms. The van der Waals surface area contributed by atoms with Crippen molar-refractivity contribution < 1.29 is 14.7 Å². The van der Waals surface area contributed by atoms with Crippen LogP contribution < -0.4 is 5.32 Å². The lowest BCUT2D eigenvalue weighted by Gasteiger charge is -2.33. The maximum Gasteiger partial charge on any atom is 0.358 e. The van der Waals surface area contributed by atoms with Crippen LogP contribution in [-0.2, 0) is 16.9 Å². The van der Waals surface area contributed by atoms with Gasteiger partial charge in [-0.05, 0) is 30.5 Å². The molecule has 0 aliphatic rings. The van der Waals surface area contributed by atoms with Crippen molar-refractivity contribution in [1.29, 1.82) is 0 Å². The number of hydrogen-bond donors (Lipinski definition) is 2. The van der Waals surface area contributed by atoms with Crippen LogP contribution in [-0.4, -0.2) is 32.0 Å². The van der Waals surface area contributed by atoms with Gasteiger partial charge in [-0.15, -0.1) is 5.10 Å². The molecule has 0 bridgehead atoms. The Morgan fingerprint density at radius 3 is 2.38 bits per heavy atom. The molecule has 1 aromatic heterocycles. The second-order valence-electron chi connectivity index (χ2n) is 5.45. The molecular weight excluding hydrogens is 332 g/mol. The van der Waals surface area contributed by atoms with E-state index in [1.807, 2.05) is 26.0 Å². The van der Waals surface area contributed by atoms with Gasteiger partial charge >= 0.3 is 5.97 Å². The normalized spacial score (nSPS) is 11.3. The summed E-state index contributed by atoms with van der Waals surface area (Å²) in [5.41, 5.74) is 0.255. The fraction of sp³-hybridized carbons (Fsp3) is 0.375. The molecule has 0 saturated carbocycles. The van der Waals surface area contributed by atoms with E-state index in [0.717, 1.165) is 5.56 Å². The minimum atomic E-state index is -1.18. The number of nitrogens with one attached hydrogen (secondary N) is 1. The molecule has 1 amide bonds. The quantitative estimate of drug-likeness (QED) is 0.799. The van der Waals surface area contributed by atoms with Crippen molar-refractivity contribution in [2.45, 2.75) is 38.8 Å². The molecule has 2 N–H and O–H groups in total. The third kappa shape index (κ3) is 3.91. The zero-order valence-electron chi connectivity index (χ0n) is 13.5. The monoisotopic (exact) mass is 350 g/mol. The van der Waals surface area contributed by atoms with E-state index in [1.165, 1.54) is 10.9 Å². The van der Waals surface area contributed by atoms with E-state index in [-0.39, 0.29) is 18.1 Å². The first-order valence-corrected chi connectivity index (χ1v) is 7.98. The smallest absolute Gasteiger partial charge is 0.358 e. The van der Waals surface area contributed by atoms with E-state index in [9.17, 15) is 9.59 Å². The number of nitrogens with zero attached hydrogens (tertiary/aromatic N) is 3. The number of carboxylic acids is 1. The summed E-state index contributed by atoms with van der Waals surface area (Å²) in [7, 11) is 0. The first kappa shape index (κ1) is 17.9. The van der Waals surface area contributed by atoms with Crippen LogP contribution in [0.15, 0.2) is 30.5 Å². The van der Waals surface area contributed by atoms with Crippen molar-refractivity contribution in [2.24, 2.45) is 0 Å². The van der Waals surface area contributed by atoms with E-state index >= 15 is 0 Å². The Labute approximate surface area is 144 Å². The number of carboxylic acid groups (broad SMARTS) is 1. The molecule has 2 rings (SSSR count). The van der Waals surface area contributed by atoms with Crippen molar-refractivity contribution >= 4 is 23.5 Å². The predicted molar refractivity (Wildman–Crippen MR) is 88.8 cm³/mol. The number of halogens is 1. The molecule has 0 aliphatic heterocycles. The molecule has 7 nitrogen and oxygen atoms in total. The first-order valence-electron chi connectivity index (χ1n) is 7.60. The highest BCUT2D eigenvalue weighted by Gasteiger charge is 2.30. The lowest BCUT2D eigenvalue weighted by atomic mass is 9.84. The molecule has 24 heavy (non-hydrogen) atoms. The van der Waals surface area contributed by atoms with Crippen LogP contribution in [0.25, 0.3) is 0 Å². The van der Waals surface area contributed by atoms with Gasteiger partial charge in [0, 0.05) is 5.02 Å². The highest BCUT2D eigenvalue weighted by atomic mass is 35.5. The molecule has 0 saturated heterocycles. The van der Waals surface area contributed by atoms with Crippen LogP contribution in [0.4, 0.5) is 0 Å². The van der Waals surface area contributed by atoms with E-state index in [0.29, 0.717) is 17.9 Å². The van der Waals surface area contributed by atoms with Crippen molar-refractivity contribution in [3.63, 3.8) is 0 Å². The summed E-state index contributed by atoms with van der Waals surface area (Å²) >= 11 is 5.94. The van der Waals surface area contributed by atoms with Gasteiger partial charge in [0.25, 0.3) is 0 Å². The van der Waals surface area contributed by atoms with Crippen LogP contribution in [0.3, 0.4) is 0 Å².